The number of aryl methyl sites for hydroxylation is 1. The van der Waals surface area contributed by atoms with Crippen LogP contribution in [0.5, 0.6) is 5.75 Å². The minimum Gasteiger partial charge on any atom is -0.507 e. The van der Waals surface area contributed by atoms with Gasteiger partial charge in [-0.2, -0.15) is 0 Å². The molecular weight excluding hydrogens is 346 g/mol. The highest BCUT2D eigenvalue weighted by molar-refractivity contribution is 7.91. The summed E-state index contributed by atoms with van der Waals surface area (Å²) in [4.78, 5) is 26.2. The fourth-order valence-corrected chi connectivity index (χ4v) is 4.86. The van der Waals surface area contributed by atoms with Gasteiger partial charge in [0.25, 0.3) is 5.91 Å². The van der Waals surface area contributed by atoms with Crippen molar-refractivity contribution in [2.24, 2.45) is 0 Å². The van der Waals surface area contributed by atoms with Crippen molar-refractivity contribution in [2.45, 2.75) is 38.3 Å². The number of sulfone groups is 1. The third-order valence-electron chi connectivity index (χ3n) is 4.53. The van der Waals surface area contributed by atoms with Crippen LogP contribution in [0.2, 0.25) is 0 Å². The highest BCUT2D eigenvalue weighted by atomic mass is 32.2. The number of ether oxygens (including phenoxy) is 1. The van der Waals surface area contributed by atoms with Gasteiger partial charge < -0.3 is 14.7 Å². The number of hydrogen-bond donors (Lipinski definition) is 1. The number of esters is 1. The molecule has 25 heavy (non-hydrogen) atoms. The first kappa shape index (κ1) is 17.7. The molecule has 1 aromatic rings. The van der Waals surface area contributed by atoms with E-state index in [2.05, 4.69) is 0 Å². The quantitative estimate of drug-likeness (QED) is 0.780. The first-order valence-electron chi connectivity index (χ1n) is 8.25. The lowest BCUT2D eigenvalue weighted by molar-refractivity contribution is -0.137. The number of phenolic OH excluding ortho intramolecular Hbond substituents is 1. The van der Waals surface area contributed by atoms with E-state index in [1.54, 1.807) is 17.9 Å². The summed E-state index contributed by atoms with van der Waals surface area (Å²) in [5, 5.41) is 9.75. The van der Waals surface area contributed by atoms with Crippen molar-refractivity contribution in [1.29, 1.82) is 0 Å². The maximum Gasteiger partial charge on any atom is 0.342 e. The molecule has 1 aliphatic heterocycles. The van der Waals surface area contributed by atoms with Crippen LogP contribution in [0.25, 0.3) is 0 Å². The van der Waals surface area contributed by atoms with Gasteiger partial charge in [-0.15, -0.1) is 0 Å². The van der Waals surface area contributed by atoms with Gasteiger partial charge in [0.05, 0.1) is 11.5 Å². The largest absolute Gasteiger partial charge is 0.507 e. The lowest BCUT2D eigenvalue weighted by Crippen LogP contribution is -2.44. The molecule has 0 bridgehead atoms. The Bertz CT molecular complexity index is 799. The average molecular weight is 367 g/mol. The Kier molecular flexibility index (Phi) is 4.73. The molecule has 136 valence electrons. The second-order valence-electron chi connectivity index (χ2n) is 6.69. The van der Waals surface area contributed by atoms with Crippen LogP contribution in [0.4, 0.5) is 0 Å². The molecule has 1 amide bonds. The van der Waals surface area contributed by atoms with E-state index in [0.29, 0.717) is 6.42 Å². The number of rotatable bonds is 5. The lowest BCUT2D eigenvalue weighted by atomic mass is 10.1. The molecule has 3 rings (SSSR count). The Morgan fingerprint density at radius 1 is 1.24 bits per heavy atom. The summed E-state index contributed by atoms with van der Waals surface area (Å²) in [6.45, 7) is 1.32. The summed E-state index contributed by atoms with van der Waals surface area (Å²) < 4.78 is 28.4. The normalized spacial score (nSPS) is 21.7. The van der Waals surface area contributed by atoms with Crippen LogP contribution in [0.15, 0.2) is 18.2 Å². The molecule has 8 heteroatoms. The molecule has 1 aliphatic carbocycles. The minimum atomic E-state index is -3.10. The standard InChI is InChI=1S/C17H21NO6S/c1-11-2-5-15(19)14(8-11)17(21)24-9-16(20)18(12-3-4-12)13-6-7-25(22,23)10-13/h2,5,8,12-13,19H,3-4,6-7,9-10H2,1H3/t13-/m1/s1. The van der Waals surface area contributed by atoms with Crippen LogP contribution in [-0.4, -0.2) is 60.5 Å². The van der Waals surface area contributed by atoms with E-state index in [-0.39, 0.29) is 40.8 Å². The number of amides is 1. The van der Waals surface area contributed by atoms with Crippen LogP contribution >= 0.6 is 0 Å². The number of phenols is 1. The molecule has 0 aromatic heterocycles. The second-order valence-corrected chi connectivity index (χ2v) is 8.91. The third-order valence-corrected chi connectivity index (χ3v) is 6.28. The van der Waals surface area contributed by atoms with Crippen molar-refractivity contribution in [2.75, 3.05) is 18.1 Å². The molecule has 7 nitrogen and oxygen atoms in total. The maximum atomic E-state index is 12.5. The van der Waals surface area contributed by atoms with Crippen LogP contribution in [0.1, 0.15) is 35.2 Å². The summed E-state index contributed by atoms with van der Waals surface area (Å²) in [7, 11) is -3.10. The molecule has 1 saturated heterocycles. The fraction of sp³-hybridized carbons (Fsp3) is 0.529. The minimum absolute atomic E-state index is 0.00853. The van der Waals surface area contributed by atoms with Gasteiger partial charge >= 0.3 is 5.97 Å². The number of aromatic hydroxyl groups is 1. The monoisotopic (exact) mass is 367 g/mol. The topological polar surface area (TPSA) is 101 Å². The Morgan fingerprint density at radius 3 is 2.56 bits per heavy atom. The third kappa shape index (κ3) is 4.12. The molecule has 1 atom stereocenters. The van der Waals surface area contributed by atoms with E-state index < -0.39 is 22.4 Å². The van der Waals surface area contributed by atoms with Crippen molar-refractivity contribution in [3.8, 4) is 5.75 Å². The molecule has 2 fully saturated rings. The lowest BCUT2D eigenvalue weighted by Gasteiger charge is -2.28. The number of nitrogens with zero attached hydrogens (tertiary/aromatic N) is 1. The van der Waals surface area contributed by atoms with E-state index in [9.17, 15) is 23.1 Å². The highest BCUT2D eigenvalue weighted by Crippen LogP contribution is 2.32. The van der Waals surface area contributed by atoms with Crippen LogP contribution in [0, 0.1) is 6.92 Å². The molecule has 0 spiro atoms. The Morgan fingerprint density at radius 2 is 1.96 bits per heavy atom. The van der Waals surface area contributed by atoms with Crippen molar-refractivity contribution < 1.29 is 27.9 Å². The fourth-order valence-electron chi connectivity index (χ4n) is 3.15. The predicted octanol–water partition coefficient (Wildman–Crippen LogP) is 1.04. The van der Waals surface area contributed by atoms with E-state index in [1.807, 2.05) is 0 Å². The Balaban J connectivity index is 1.64. The molecule has 2 aliphatic rings. The second kappa shape index (κ2) is 6.67. The average Bonchev–Trinajstić information content (AvgIpc) is 3.31. The number of benzene rings is 1. The number of carbonyl (C=O) groups excluding carboxylic acids is 2. The Hall–Kier alpha value is -2.09. The molecule has 1 saturated carbocycles. The Labute approximate surface area is 146 Å². The van der Waals surface area contributed by atoms with Crippen LogP contribution in [0.3, 0.4) is 0 Å². The zero-order valence-electron chi connectivity index (χ0n) is 14.0. The van der Waals surface area contributed by atoms with Gasteiger partial charge in [-0.05, 0) is 38.3 Å². The predicted molar refractivity (Wildman–Crippen MR) is 90.1 cm³/mol. The molecular formula is C17H21NO6S. The maximum absolute atomic E-state index is 12.5. The van der Waals surface area contributed by atoms with E-state index in [4.69, 9.17) is 4.74 Å². The summed E-state index contributed by atoms with van der Waals surface area (Å²) in [5.41, 5.74) is 0.793. The van der Waals surface area contributed by atoms with Gasteiger partial charge in [-0.25, -0.2) is 13.2 Å². The van der Waals surface area contributed by atoms with Crippen molar-refractivity contribution >= 4 is 21.7 Å². The van der Waals surface area contributed by atoms with E-state index >= 15 is 0 Å². The van der Waals surface area contributed by atoms with Gasteiger partial charge in [0.2, 0.25) is 0 Å². The number of carbonyl (C=O) groups is 2. The van der Waals surface area contributed by atoms with Crippen molar-refractivity contribution in [1.82, 2.24) is 4.90 Å². The zero-order chi connectivity index (χ0) is 18.2. The molecule has 1 heterocycles. The summed E-state index contributed by atoms with van der Waals surface area (Å²) in [6, 6.07) is 4.25. The first-order chi connectivity index (χ1) is 11.8. The summed E-state index contributed by atoms with van der Waals surface area (Å²) >= 11 is 0. The van der Waals surface area contributed by atoms with Gasteiger partial charge in [0.1, 0.15) is 11.3 Å². The van der Waals surface area contributed by atoms with Gasteiger partial charge in [-0.3, -0.25) is 4.79 Å². The summed E-state index contributed by atoms with van der Waals surface area (Å²) in [6.07, 6.45) is 2.11. The molecule has 0 unspecified atom stereocenters. The van der Waals surface area contributed by atoms with Gasteiger partial charge in [-0.1, -0.05) is 11.6 Å². The van der Waals surface area contributed by atoms with Crippen molar-refractivity contribution in [3.63, 3.8) is 0 Å². The summed E-state index contributed by atoms with van der Waals surface area (Å²) in [5.74, 6) is -1.30. The van der Waals surface area contributed by atoms with E-state index in [1.165, 1.54) is 12.1 Å². The van der Waals surface area contributed by atoms with Crippen molar-refractivity contribution in [3.05, 3.63) is 29.3 Å². The molecule has 1 aromatic carbocycles. The highest BCUT2D eigenvalue weighted by Gasteiger charge is 2.42. The van der Waals surface area contributed by atoms with Gasteiger partial charge in [0.15, 0.2) is 16.4 Å². The zero-order valence-corrected chi connectivity index (χ0v) is 14.8. The van der Waals surface area contributed by atoms with Gasteiger partial charge in [0, 0.05) is 12.1 Å². The molecule has 1 N–H and O–H groups in total. The van der Waals surface area contributed by atoms with E-state index in [0.717, 1.165) is 18.4 Å². The SMILES string of the molecule is Cc1ccc(O)c(C(=O)OCC(=O)N(C2CC2)[C@@H]2CCS(=O)(=O)C2)c1. The number of hydrogen-bond acceptors (Lipinski definition) is 6. The molecule has 0 radical (unpaired) electrons. The van der Waals surface area contributed by atoms with Crippen LogP contribution in [-0.2, 0) is 19.4 Å². The first-order valence-corrected chi connectivity index (χ1v) is 10.1. The van der Waals surface area contributed by atoms with Crippen LogP contribution < -0.4 is 0 Å². The smallest absolute Gasteiger partial charge is 0.342 e.